The monoisotopic (exact) mass is 884 g/mol. The fraction of sp³-hybridized carbons (Fsp3) is 0.565. The lowest BCUT2D eigenvalue weighted by atomic mass is 9.93. The van der Waals surface area contributed by atoms with Crippen molar-refractivity contribution >= 4 is 55.9 Å². The SMILES string of the molecule is Cc1oc(C(C)(C)C)cc1-c1nc(O[C@@H]2C[C@H]3C(=O)N[C@]4(C(=O)NS(=O)(=O)C5CC5)C[C@H]4C=CCCCCC[C@H](NC(=O)OC4CCCC4)C(=O)N3C2)c2oc3ccccc3c2n1. The number of aryl methyl sites for hydroxylation is 1. The summed E-state index contributed by atoms with van der Waals surface area (Å²) in [6.07, 6.45) is 9.77. The molecule has 3 aliphatic carbocycles. The number of carbonyl (C=O) groups is 4. The molecule has 17 heteroatoms. The third-order valence-corrected chi connectivity index (χ3v) is 14.9. The average Bonchev–Trinajstić information content (AvgIpc) is 3.94. The Hall–Kier alpha value is -5.45. The predicted molar refractivity (Wildman–Crippen MR) is 232 cm³/mol. The Bertz CT molecular complexity index is 2590. The number of hydrogen-bond donors (Lipinski definition) is 3. The Kier molecular flexibility index (Phi) is 11.3. The van der Waals surface area contributed by atoms with Crippen molar-refractivity contribution in [2.75, 3.05) is 6.54 Å². The molecule has 1 aromatic carbocycles. The summed E-state index contributed by atoms with van der Waals surface area (Å²) in [7, 11) is -3.93. The van der Waals surface area contributed by atoms with E-state index in [1.165, 1.54) is 4.90 Å². The molecule has 4 aromatic rings. The van der Waals surface area contributed by atoms with Crippen molar-refractivity contribution in [2.45, 2.75) is 152 Å². The number of nitrogens with one attached hydrogen (secondary N) is 3. The van der Waals surface area contributed by atoms with Crippen molar-refractivity contribution < 1.29 is 45.9 Å². The summed E-state index contributed by atoms with van der Waals surface area (Å²) >= 11 is 0. The van der Waals surface area contributed by atoms with Crippen LogP contribution in [-0.2, 0) is 34.6 Å². The van der Waals surface area contributed by atoms with Gasteiger partial charge in [0.25, 0.3) is 11.8 Å². The summed E-state index contributed by atoms with van der Waals surface area (Å²) in [6, 6.07) is 7.19. The van der Waals surface area contributed by atoms with E-state index in [0.29, 0.717) is 60.4 Å². The first-order chi connectivity index (χ1) is 30.1. The summed E-state index contributed by atoms with van der Waals surface area (Å²) in [4.78, 5) is 68.0. The third kappa shape index (κ3) is 8.77. The number of ether oxygens (including phenoxy) is 2. The van der Waals surface area contributed by atoms with Gasteiger partial charge in [-0.1, -0.05) is 57.9 Å². The summed E-state index contributed by atoms with van der Waals surface area (Å²) < 4.78 is 53.2. The molecule has 3 N–H and O–H groups in total. The standard InChI is InChI=1S/C46H56N6O10S/c1-26-32(23-36(59-26)45(2,3)4)39-48-37-31-17-12-13-19-35(31)62-38(37)41(49-39)60-29-22-34-40(53)50-46(43(55)51-63(57,58)30-20-21-30)24-27(46)14-8-6-5-7-9-18-33(42(54)52(34)25-29)47-44(56)61-28-15-10-11-16-28/h8,12-14,17,19,23,27-30,33-34H,5-7,9-11,15-16,18,20-22,24-25H2,1-4H3,(H,47,56)(H,50,53)(H,51,55)/t27-,29-,33+,34+,46-/m1/s1. The van der Waals surface area contributed by atoms with E-state index in [-0.39, 0.29) is 42.4 Å². The van der Waals surface area contributed by atoms with Gasteiger partial charge in [-0.25, -0.2) is 18.2 Å². The van der Waals surface area contributed by atoms with Crippen molar-refractivity contribution in [3.05, 3.63) is 54.0 Å². The number of aromatic nitrogens is 2. The highest BCUT2D eigenvalue weighted by atomic mass is 32.2. The topological polar surface area (TPSA) is 212 Å². The number of fused-ring (bicyclic) bond motifs is 5. The molecule has 63 heavy (non-hydrogen) atoms. The second-order valence-electron chi connectivity index (χ2n) is 19.0. The second kappa shape index (κ2) is 16.6. The molecule has 5 atom stereocenters. The number of allylic oxidation sites excluding steroid dienone is 1. The highest BCUT2D eigenvalue weighted by Gasteiger charge is 2.62. The van der Waals surface area contributed by atoms with Gasteiger partial charge in [-0.2, -0.15) is 4.98 Å². The lowest BCUT2D eigenvalue weighted by Crippen LogP contribution is -2.58. The molecular weight excluding hydrogens is 829 g/mol. The van der Waals surface area contributed by atoms with Crippen LogP contribution in [0.4, 0.5) is 4.79 Å². The lowest BCUT2D eigenvalue weighted by Gasteiger charge is -2.30. The Morgan fingerprint density at radius 2 is 1.73 bits per heavy atom. The molecule has 1 saturated heterocycles. The number of hydrogen-bond acceptors (Lipinski definition) is 12. The molecule has 9 rings (SSSR count). The number of amides is 4. The van der Waals surface area contributed by atoms with Crippen LogP contribution in [0.2, 0.25) is 0 Å². The van der Waals surface area contributed by atoms with Gasteiger partial charge < -0.3 is 33.8 Å². The predicted octanol–water partition coefficient (Wildman–Crippen LogP) is 6.63. The molecule has 4 amide bonds. The van der Waals surface area contributed by atoms with Crippen LogP contribution in [0, 0.1) is 12.8 Å². The molecule has 0 bridgehead atoms. The highest BCUT2D eigenvalue weighted by Crippen LogP contribution is 2.46. The molecule has 0 radical (unpaired) electrons. The molecule has 5 heterocycles. The van der Waals surface area contributed by atoms with Crippen molar-refractivity contribution in [3.63, 3.8) is 0 Å². The van der Waals surface area contributed by atoms with Crippen LogP contribution in [0.3, 0.4) is 0 Å². The zero-order valence-electron chi connectivity index (χ0n) is 36.2. The average molecular weight is 885 g/mol. The molecule has 5 aliphatic rings. The van der Waals surface area contributed by atoms with Crippen LogP contribution < -0.4 is 20.1 Å². The lowest BCUT2D eigenvalue weighted by molar-refractivity contribution is -0.141. The first-order valence-electron chi connectivity index (χ1n) is 22.4. The van der Waals surface area contributed by atoms with Crippen LogP contribution in [0.25, 0.3) is 33.5 Å². The minimum atomic E-state index is -3.93. The van der Waals surface area contributed by atoms with Crippen molar-refractivity contribution in [3.8, 4) is 17.3 Å². The molecule has 0 spiro atoms. The van der Waals surface area contributed by atoms with Gasteiger partial charge in [-0.15, -0.1) is 0 Å². The maximum atomic E-state index is 14.8. The fourth-order valence-electron chi connectivity index (χ4n) is 9.18. The van der Waals surface area contributed by atoms with E-state index in [2.05, 4.69) is 36.1 Å². The Labute approximate surface area is 366 Å². The van der Waals surface area contributed by atoms with Crippen molar-refractivity contribution in [2.24, 2.45) is 5.92 Å². The molecule has 3 aromatic heterocycles. The number of carbonyl (C=O) groups excluding carboxylic acids is 4. The van der Waals surface area contributed by atoms with Gasteiger partial charge in [0.15, 0.2) is 5.82 Å². The molecule has 2 aliphatic heterocycles. The maximum Gasteiger partial charge on any atom is 0.408 e. The van der Waals surface area contributed by atoms with E-state index in [0.717, 1.165) is 49.7 Å². The van der Waals surface area contributed by atoms with Crippen LogP contribution in [0.1, 0.15) is 116 Å². The van der Waals surface area contributed by atoms with Gasteiger partial charge in [0.05, 0.1) is 17.4 Å². The van der Waals surface area contributed by atoms with Gasteiger partial charge in [-0.05, 0) is 89.3 Å². The zero-order chi connectivity index (χ0) is 44.3. The van der Waals surface area contributed by atoms with Crippen molar-refractivity contribution in [1.29, 1.82) is 0 Å². The Morgan fingerprint density at radius 3 is 2.48 bits per heavy atom. The highest BCUT2D eigenvalue weighted by molar-refractivity contribution is 7.91. The number of para-hydroxylation sites is 1. The minimum Gasteiger partial charge on any atom is -0.470 e. The number of nitrogens with zero attached hydrogens (tertiary/aromatic N) is 3. The van der Waals surface area contributed by atoms with Gasteiger partial charge in [0.2, 0.25) is 27.4 Å². The van der Waals surface area contributed by atoms with Crippen LogP contribution >= 0.6 is 0 Å². The smallest absolute Gasteiger partial charge is 0.408 e. The number of alkyl carbamates (subject to hydrolysis) is 1. The second-order valence-corrected chi connectivity index (χ2v) is 20.9. The van der Waals surface area contributed by atoms with Gasteiger partial charge in [0.1, 0.15) is 52.5 Å². The van der Waals surface area contributed by atoms with E-state index in [1.54, 1.807) is 0 Å². The normalized spacial score (nSPS) is 26.1. The molecule has 4 fully saturated rings. The molecule has 336 valence electrons. The molecule has 3 saturated carbocycles. The minimum absolute atomic E-state index is 0.0185. The largest absolute Gasteiger partial charge is 0.470 e. The molecular formula is C46H56N6O10S. The summed E-state index contributed by atoms with van der Waals surface area (Å²) in [5.41, 5.74) is 0.203. The molecule has 16 nitrogen and oxygen atoms in total. The zero-order valence-corrected chi connectivity index (χ0v) is 37.1. The van der Waals surface area contributed by atoms with Gasteiger partial charge in [-0.3, -0.25) is 19.1 Å². The van der Waals surface area contributed by atoms with Gasteiger partial charge >= 0.3 is 6.09 Å². The number of sulfonamides is 1. The van der Waals surface area contributed by atoms with E-state index >= 15 is 0 Å². The first-order valence-corrected chi connectivity index (χ1v) is 23.9. The van der Waals surface area contributed by atoms with Crippen LogP contribution in [0.5, 0.6) is 5.88 Å². The van der Waals surface area contributed by atoms with Crippen LogP contribution in [-0.4, -0.2) is 88.7 Å². The van der Waals surface area contributed by atoms with E-state index in [9.17, 15) is 27.6 Å². The third-order valence-electron chi connectivity index (χ3n) is 13.1. The van der Waals surface area contributed by atoms with E-state index in [1.807, 2.05) is 49.4 Å². The Morgan fingerprint density at radius 1 is 0.968 bits per heavy atom. The summed E-state index contributed by atoms with van der Waals surface area (Å²) in [5.74, 6) is -0.582. The van der Waals surface area contributed by atoms with Gasteiger partial charge in [0, 0.05) is 23.1 Å². The fourth-order valence-corrected chi connectivity index (χ4v) is 10.5. The van der Waals surface area contributed by atoms with Crippen LogP contribution in [0.15, 0.2) is 51.3 Å². The quantitative estimate of drug-likeness (QED) is 0.159. The summed E-state index contributed by atoms with van der Waals surface area (Å²) in [6.45, 7) is 7.92. The molecule has 0 unspecified atom stereocenters. The van der Waals surface area contributed by atoms with Crippen molar-refractivity contribution in [1.82, 2.24) is 30.2 Å². The number of furan rings is 2. The van der Waals surface area contributed by atoms with E-state index in [4.69, 9.17) is 28.3 Å². The number of rotatable bonds is 8. The maximum absolute atomic E-state index is 14.8. The first kappa shape index (κ1) is 42.8. The van der Waals surface area contributed by atoms with E-state index < -0.39 is 68.7 Å². The Balaban J connectivity index is 1.06. The summed E-state index contributed by atoms with van der Waals surface area (Å²) in [5, 5.41) is 5.84. The number of benzene rings is 1.